The van der Waals surface area contributed by atoms with E-state index in [1.165, 1.54) is 29.3 Å². The highest BCUT2D eigenvalue weighted by Crippen LogP contribution is 2.33. The van der Waals surface area contributed by atoms with E-state index in [1.807, 2.05) is 6.07 Å². The van der Waals surface area contributed by atoms with Gasteiger partial charge in [0.05, 0.1) is 10.7 Å². The molecule has 0 amide bonds. The van der Waals surface area contributed by atoms with Crippen LogP contribution in [0.25, 0.3) is 0 Å². The zero-order valence-electron chi connectivity index (χ0n) is 11.0. The number of rotatable bonds is 3. The predicted molar refractivity (Wildman–Crippen MR) is 88.4 cm³/mol. The highest BCUT2D eigenvalue weighted by molar-refractivity contribution is 14.1. The second-order valence-electron chi connectivity index (χ2n) is 5.64. The van der Waals surface area contributed by atoms with E-state index in [0.29, 0.717) is 6.04 Å². The topological polar surface area (TPSA) is 12.0 Å². The maximum Gasteiger partial charge on any atom is 0.0648 e. The highest BCUT2D eigenvalue weighted by Gasteiger charge is 2.24. The number of anilines is 1. The van der Waals surface area contributed by atoms with Crippen LogP contribution in [0.2, 0.25) is 5.02 Å². The lowest BCUT2D eigenvalue weighted by molar-refractivity contribution is 0.264. The monoisotopic (exact) mass is 377 g/mol. The number of hydrogen-bond acceptors (Lipinski definition) is 1. The molecule has 2 rings (SSSR count). The largest absolute Gasteiger partial charge is 0.381 e. The second-order valence-corrected chi connectivity index (χ2v) is 7.29. The van der Waals surface area contributed by atoms with Gasteiger partial charge >= 0.3 is 0 Å². The molecule has 2 unspecified atom stereocenters. The molecule has 3 heteroatoms. The number of hydrogen-bond donors (Lipinski definition) is 1. The molecule has 0 heterocycles. The summed E-state index contributed by atoms with van der Waals surface area (Å²) >= 11 is 8.57. The summed E-state index contributed by atoms with van der Waals surface area (Å²) < 4.78 is 1.19. The van der Waals surface area contributed by atoms with Crippen molar-refractivity contribution in [2.75, 3.05) is 5.32 Å². The first-order valence-electron chi connectivity index (χ1n) is 6.78. The first-order valence-corrected chi connectivity index (χ1v) is 8.23. The Morgan fingerprint density at radius 2 is 2.11 bits per heavy atom. The van der Waals surface area contributed by atoms with Crippen LogP contribution in [-0.4, -0.2) is 6.04 Å². The fraction of sp³-hybridized carbons (Fsp3) is 0.600. The molecule has 18 heavy (non-hydrogen) atoms. The standard InChI is InChI=1S/C15H21ClIN/c1-10(2)11-4-3-5-13(8-11)18-15-7-6-12(17)9-14(15)16/h6-7,9-11,13,18H,3-5,8H2,1-2H3. The van der Waals surface area contributed by atoms with E-state index < -0.39 is 0 Å². The van der Waals surface area contributed by atoms with Gasteiger partial charge in [-0.3, -0.25) is 0 Å². The lowest BCUT2D eigenvalue weighted by atomic mass is 9.79. The van der Waals surface area contributed by atoms with Gasteiger partial charge in [0.25, 0.3) is 0 Å². The second kappa shape index (κ2) is 6.47. The van der Waals surface area contributed by atoms with Crippen LogP contribution in [0.5, 0.6) is 0 Å². The molecular formula is C15H21ClIN. The number of nitrogens with one attached hydrogen (secondary N) is 1. The molecule has 1 N–H and O–H groups in total. The minimum absolute atomic E-state index is 0.587. The van der Waals surface area contributed by atoms with Crippen molar-refractivity contribution in [2.45, 2.75) is 45.6 Å². The molecule has 0 aromatic heterocycles. The number of benzene rings is 1. The van der Waals surface area contributed by atoms with Crippen LogP contribution in [0.1, 0.15) is 39.5 Å². The molecular weight excluding hydrogens is 357 g/mol. The van der Waals surface area contributed by atoms with Gasteiger partial charge in [-0.05, 0) is 65.5 Å². The fourth-order valence-electron chi connectivity index (χ4n) is 2.79. The fourth-order valence-corrected chi connectivity index (χ4v) is 3.70. The summed E-state index contributed by atoms with van der Waals surface area (Å²) in [5.74, 6) is 1.65. The Hall–Kier alpha value is 0.0400. The minimum Gasteiger partial charge on any atom is -0.381 e. The Labute approximate surface area is 129 Å². The van der Waals surface area contributed by atoms with Gasteiger partial charge in [-0.25, -0.2) is 0 Å². The molecule has 1 aromatic rings. The summed E-state index contributed by atoms with van der Waals surface area (Å²) in [6.45, 7) is 4.68. The molecule has 1 aliphatic carbocycles. The molecule has 1 aromatic carbocycles. The van der Waals surface area contributed by atoms with Gasteiger partial charge in [-0.15, -0.1) is 0 Å². The Kier molecular flexibility index (Phi) is 5.19. The van der Waals surface area contributed by atoms with Crippen molar-refractivity contribution in [2.24, 2.45) is 11.8 Å². The normalized spacial score (nSPS) is 24.3. The lowest BCUT2D eigenvalue weighted by Gasteiger charge is -2.32. The summed E-state index contributed by atoms with van der Waals surface area (Å²) in [4.78, 5) is 0. The minimum atomic E-state index is 0.587. The molecule has 0 aliphatic heterocycles. The molecule has 0 radical (unpaired) electrons. The van der Waals surface area contributed by atoms with Crippen molar-refractivity contribution in [3.8, 4) is 0 Å². The molecule has 1 aliphatic rings. The Morgan fingerprint density at radius 1 is 1.33 bits per heavy atom. The van der Waals surface area contributed by atoms with Gasteiger partial charge in [0, 0.05) is 9.61 Å². The van der Waals surface area contributed by atoms with Crippen LogP contribution in [0, 0.1) is 15.4 Å². The van der Waals surface area contributed by atoms with Crippen LogP contribution >= 0.6 is 34.2 Å². The molecule has 0 bridgehead atoms. The molecule has 2 atom stereocenters. The molecule has 1 nitrogen and oxygen atoms in total. The van der Waals surface area contributed by atoms with E-state index in [-0.39, 0.29) is 0 Å². The van der Waals surface area contributed by atoms with Gasteiger partial charge in [-0.2, -0.15) is 0 Å². The predicted octanol–water partition coefficient (Wildman–Crippen LogP) is 5.57. The van der Waals surface area contributed by atoms with E-state index in [0.717, 1.165) is 22.5 Å². The summed E-state index contributed by atoms with van der Waals surface area (Å²) in [7, 11) is 0. The first-order chi connectivity index (χ1) is 8.56. The third-order valence-corrected chi connectivity index (χ3v) is 4.93. The van der Waals surface area contributed by atoms with E-state index in [9.17, 15) is 0 Å². The number of halogens is 2. The summed E-state index contributed by atoms with van der Waals surface area (Å²) in [6, 6.07) is 6.82. The Balaban J connectivity index is 2.00. The van der Waals surface area contributed by atoms with Crippen molar-refractivity contribution >= 4 is 39.9 Å². The smallest absolute Gasteiger partial charge is 0.0648 e. The molecule has 1 fully saturated rings. The molecule has 0 spiro atoms. The quantitative estimate of drug-likeness (QED) is 0.679. The van der Waals surface area contributed by atoms with Crippen LogP contribution in [-0.2, 0) is 0 Å². The van der Waals surface area contributed by atoms with Gasteiger partial charge in [-0.1, -0.05) is 38.3 Å². The first kappa shape index (κ1) is 14.4. The SMILES string of the molecule is CC(C)C1CCCC(Nc2ccc(I)cc2Cl)C1. The van der Waals surface area contributed by atoms with Crippen molar-refractivity contribution in [1.82, 2.24) is 0 Å². The summed E-state index contributed by atoms with van der Waals surface area (Å²) in [5, 5.41) is 4.47. The highest BCUT2D eigenvalue weighted by atomic mass is 127. The molecule has 1 saturated carbocycles. The average molecular weight is 378 g/mol. The third-order valence-electron chi connectivity index (χ3n) is 3.95. The van der Waals surface area contributed by atoms with Crippen molar-refractivity contribution in [1.29, 1.82) is 0 Å². The zero-order valence-corrected chi connectivity index (χ0v) is 14.0. The van der Waals surface area contributed by atoms with Crippen LogP contribution in [0.15, 0.2) is 18.2 Å². The van der Waals surface area contributed by atoms with Crippen molar-refractivity contribution in [3.63, 3.8) is 0 Å². The van der Waals surface area contributed by atoms with Crippen molar-refractivity contribution < 1.29 is 0 Å². The van der Waals surface area contributed by atoms with Gasteiger partial charge in [0.15, 0.2) is 0 Å². The van der Waals surface area contributed by atoms with Crippen LogP contribution in [0.4, 0.5) is 5.69 Å². The molecule has 0 saturated heterocycles. The average Bonchev–Trinajstić information content (AvgIpc) is 2.33. The van der Waals surface area contributed by atoms with E-state index in [1.54, 1.807) is 0 Å². The van der Waals surface area contributed by atoms with Crippen LogP contribution in [0.3, 0.4) is 0 Å². The Bertz CT molecular complexity index is 405. The maximum absolute atomic E-state index is 6.28. The van der Waals surface area contributed by atoms with Crippen LogP contribution < -0.4 is 5.32 Å². The Morgan fingerprint density at radius 3 is 2.78 bits per heavy atom. The summed E-state index contributed by atoms with van der Waals surface area (Å²) in [6.07, 6.45) is 5.27. The van der Waals surface area contributed by atoms with Crippen molar-refractivity contribution in [3.05, 3.63) is 26.8 Å². The zero-order chi connectivity index (χ0) is 13.1. The van der Waals surface area contributed by atoms with Gasteiger partial charge in [0.1, 0.15) is 0 Å². The van der Waals surface area contributed by atoms with E-state index in [4.69, 9.17) is 11.6 Å². The van der Waals surface area contributed by atoms with E-state index in [2.05, 4.69) is 53.9 Å². The third kappa shape index (κ3) is 3.77. The maximum atomic E-state index is 6.28. The van der Waals surface area contributed by atoms with E-state index >= 15 is 0 Å². The van der Waals surface area contributed by atoms with Gasteiger partial charge in [0.2, 0.25) is 0 Å². The summed E-state index contributed by atoms with van der Waals surface area (Å²) in [5.41, 5.74) is 1.09. The molecule has 100 valence electrons. The van der Waals surface area contributed by atoms with Gasteiger partial charge < -0.3 is 5.32 Å². The lowest BCUT2D eigenvalue weighted by Crippen LogP contribution is -2.29.